The molecule has 1 unspecified atom stereocenters. The van der Waals surface area contributed by atoms with Gasteiger partial charge in [0, 0.05) is 12.2 Å². The standard InChI is InChI=1S/C15H22N2O3/c1-3-11-10-19-9-8-17(11)15(18)14-12(16)6-5-7-13(14)20-4-2/h5-7,11H,3-4,8-10,16H2,1-2H3. The van der Waals surface area contributed by atoms with Gasteiger partial charge in [0.2, 0.25) is 0 Å². The van der Waals surface area contributed by atoms with Gasteiger partial charge in [-0.3, -0.25) is 4.79 Å². The van der Waals surface area contributed by atoms with Crippen molar-refractivity contribution in [3.63, 3.8) is 0 Å². The van der Waals surface area contributed by atoms with Crippen LogP contribution in [0.15, 0.2) is 18.2 Å². The summed E-state index contributed by atoms with van der Waals surface area (Å²) in [5, 5.41) is 0. The van der Waals surface area contributed by atoms with Gasteiger partial charge in [-0.05, 0) is 25.5 Å². The summed E-state index contributed by atoms with van der Waals surface area (Å²) in [7, 11) is 0. The third kappa shape index (κ3) is 2.88. The SMILES string of the molecule is CCOc1cccc(N)c1C(=O)N1CCOCC1CC. The van der Waals surface area contributed by atoms with Crippen LogP contribution in [0.3, 0.4) is 0 Å². The van der Waals surface area contributed by atoms with Crippen molar-refractivity contribution in [1.82, 2.24) is 4.90 Å². The number of nitrogen functional groups attached to an aromatic ring is 1. The Hall–Kier alpha value is -1.75. The van der Waals surface area contributed by atoms with E-state index in [1.807, 2.05) is 11.8 Å². The number of nitrogens with two attached hydrogens (primary N) is 1. The van der Waals surface area contributed by atoms with Gasteiger partial charge in [-0.1, -0.05) is 13.0 Å². The Bertz CT molecular complexity index is 476. The van der Waals surface area contributed by atoms with Crippen molar-refractivity contribution in [3.8, 4) is 5.75 Å². The highest BCUT2D eigenvalue weighted by Gasteiger charge is 2.29. The number of hydrogen-bond acceptors (Lipinski definition) is 4. The van der Waals surface area contributed by atoms with E-state index in [-0.39, 0.29) is 11.9 Å². The minimum atomic E-state index is -0.0679. The number of carbonyl (C=O) groups excluding carboxylic acids is 1. The molecule has 1 saturated heterocycles. The van der Waals surface area contributed by atoms with Crippen LogP contribution in [-0.2, 0) is 4.74 Å². The molecule has 0 saturated carbocycles. The van der Waals surface area contributed by atoms with Crippen molar-refractivity contribution < 1.29 is 14.3 Å². The maximum atomic E-state index is 12.8. The van der Waals surface area contributed by atoms with Crippen molar-refractivity contribution in [1.29, 1.82) is 0 Å². The molecule has 110 valence electrons. The first kappa shape index (κ1) is 14.7. The molecule has 1 amide bonds. The Morgan fingerprint density at radius 3 is 3.00 bits per heavy atom. The highest BCUT2D eigenvalue weighted by atomic mass is 16.5. The van der Waals surface area contributed by atoms with Gasteiger partial charge >= 0.3 is 0 Å². The Morgan fingerprint density at radius 2 is 2.30 bits per heavy atom. The first-order chi connectivity index (χ1) is 9.69. The molecule has 0 radical (unpaired) electrons. The second-order valence-corrected chi connectivity index (χ2v) is 4.79. The quantitative estimate of drug-likeness (QED) is 0.855. The van der Waals surface area contributed by atoms with Crippen LogP contribution in [0.25, 0.3) is 0 Å². The lowest BCUT2D eigenvalue weighted by molar-refractivity contribution is -0.00291. The van der Waals surface area contributed by atoms with E-state index >= 15 is 0 Å². The van der Waals surface area contributed by atoms with Crippen LogP contribution in [-0.4, -0.2) is 43.2 Å². The molecule has 0 aliphatic carbocycles. The summed E-state index contributed by atoms with van der Waals surface area (Å²) in [5.41, 5.74) is 6.92. The van der Waals surface area contributed by atoms with Crippen molar-refractivity contribution >= 4 is 11.6 Å². The van der Waals surface area contributed by atoms with Crippen LogP contribution in [0.1, 0.15) is 30.6 Å². The van der Waals surface area contributed by atoms with Crippen LogP contribution in [0.2, 0.25) is 0 Å². The van der Waals surface area contributed by atoms with E-state index in [0.29, 0.717) is 43.4 Å². The number of hydrogen-bond donors (Lipinski definition) is 1. The molecule has 1 aliphatic heterocycles. The van der Waals surface area contributed by atoms with Crippen molar-refractivity contribution in [2.24, 2.45) is 0 Å². The molecule has 0 aromatic heterocycles. The van der Waals surface area contributed by atoms with Crippen LogP contribution in [0.4, 0.5) is 5.69 Å². The largest absolute Gasteiger partial charge is 0.493 e. The summed E-state index contributed by atoms with van der Waals surface area (Å²) in [4.78, 5) is 14.6. The third-order valence-corrected chi connectivity index (χ3v) is 3.53. The lowest BCUT2D eigenvalue weighted by Crippen LogP contribution is -2.48. The zero-order valence-electron chi connectivity index (χ0n) is 12.1. The Labute approximate surface area is 119 Å². The normalized spacial score (nSPS) is 18.9. The number of nitrogens with zero attached hydrogens (tertiary/aromatic N) is 1. The molecule has 0 bridgehead atoms. The molecule has 5 heteroatoms. The van der Waals surface area contributed by atoms with E-state index in [4.69, 9.17) is 15.2 Å². The zero-order valence-corrected chi connectivity index (χ0v) is 12.1. The van der Waals surface area contributed by atoms with E-state index in [2.05, 4.69) is 6.92 Å². The average Bonchev–Trinajstić information content (AvgIpc) is 2.47. The van der Waals surface area contributed by atoms with E-state index in [9.17, 15) is 4.79 Å². The van der Waals surface area contributed by atoms with Crippen molar-refractivity contribution in [2.45, 2.75) is 26.3 Å². The zero-order chi connectivity index (χ0) is 14.5. The van der Waals surface area contributed by atoms with Crippen LogP contribution < -0.4 is 10.5 Å². The molecule has 2 rings (SSSR count). The van der Waals surface area contributed by atoms with E-state index < -0.39 is 0 Å². The second kappa shape index (κ2) is 6.61. The van der Waals surface area contributed by atoms with Gasteiger partial charge in [0.05, 0.1) is 25.9 Å². The summed E-state index contributed by atoms with van der Waals surface area (Å²) in [6.45, 7) is 6.19. The number of benzene rings is 1. The first-order valence-corrected chi connectivity index (χ1v) is 7.09. The second-order valence-electron chi connectivity index (χ2n) is 4.79. The fourth-order valence-electron chi connectivity index (χ4n) is 2.46. The van der Waals surface area contributed by atoms with Gasteiger partial charge in [-0.2, -0.15) is 0 Å². The van der Waals surface area contributed by atoms with Crippen molar-refractivity contribution in [3.05, 3.63) is 23.8 Å². The first-order valence-electron chi connectivity index (χ1n) is 7.09. The molecule has 1 aliphatic rings. The minimum absolute atomic E-state index is 0.0679. The molecule has 1 aromatic rings. The molecule has 5 nitrogen and oxygen atoms in total. The maximum Gasteiger partial charge on any atom is 0.260 e. The molecule has 20 heavy (non-hydrogen) atoms. The molecule has 1 heterocycles. The predicted molar refractivity (Wildman–Crippen MR) is 78.0 cm³/mol. The van der Waals surface area contributed by atoms with Gasteiger partial charge in [-0.15, -0.1) is 0 Å². The number of carbonyl (C=O) groups is 1. The number of rotatable bonds is 4. The lowest BCUT2D eigenvalue weighted by atomic mass is 10.1. The van der Waals surface area contributed by atoms with Crippen molar-refractivity contribution in [2.75, 3.05) is 32.1 Å². The topological polar surface area (TPSA) is 64.8 Å². The van der Waals surface area contributed by atoms with E-state index in [0.717, 1.165) is 6.42 Å². The summed E-state index contributed by atoms with van der Waals surface area (Å²) in [6.07, 6.45) is 0.864. The highest BCUT2D eigenvalue weighted by molar-refractivity contribution is 6.02. The molecule has 1 atom stereocenters. The number of anilines is 1. The predicted octanol–water partition coefficient (Wildman–Crippen LogP) is 1.92. The van der Waals surface area contributed by atoms with Gasteiger partial charge in [0.1, 0.15) is 11.3 Å². The van der Waals surface area contributed by atoms with Gasteiger partial charge in [0.25, 0.3) is 5.91 Å². The summed E-state index contributed by atoms with van der Waals surface area (Å²) < 4.78 is 11.0. The van der Waals surface area contributed by atoms with Gasteiger partial charge in [-0.25, -0.2) is 0 Å². The lowest BCUT2D eigenvalue weighted by Gasteiger charge is -2.35. The summed E-state index contributed by atoms with van der Waals surface area (Å²) in [6, 6.07) is 5.42. The number of amides is 1. The number of morpholine rings is 1. The monoisotopic (exact) mass is 278 g/mol. The smallest absolute Gasteiger partial charge is 0.260 e. The van der Waals surface area contributed by atoms with Gasteiger partial charge < -0.3 is 20.1 Å². The molecule has 0 spiro atoms. The van der Waals surface area contributed by atoms with E-state index in [1.54, 1.807) is 18.2 Å². The minimum Gasteiger partial charge on any atom is -0.493 e. The fraction of sp³-hybridized carbons (Fsp3) is 0.533. The molecule has 1 fully saturated rings. The molecule has 1 aromatic carbocycles. The number of ether oxygens (including phenoxy) is 2. The van der Waals surface area contributed by atoms with Crippen LogP contribution >= 0.6 is 0 Å². The fourth-order valence-corrected chi connectivity index (χ4v) is 2.46. The van der Waals surface area contributed by atoms with Crippen LogP contribution in [0, 0.1) is 0 Å². The Morgan fingerprint density at radius 1 is 1.50 bits per heavy atom. The summed E-state index contributed by atoms with van der Waals surface area (Å²) >= 11 is 0. The van der Waals surface area contributed by atoms with Crippen LogP contribution in [0.5, 0.6) is 5.75 Å². The summed E-state index contributed by atoms with van der Waals surface area (Å²) in [5.74, 6) is 0.487. The Kier molecular flexibility index (Phi) is 4.84. The van der Waals surface area contributed by atoms with E-state index in [1.165, 1.54) is 0 Å². The molecule has 2 N–H and O–H groups in total. The molecular weight excluding hydrogens is 256 g/mol. The van der Waals surface area contributed by atoms with Gasteiger partial charge in [0.15, 0.2) is 0 Å². The Balaban J connectivity index is 2.32. The third-order valence-electron chi connectivity index (χ3n) is 3.53. The molecular formula is C15H22N2O3. The average molecular weight is 278 g/mol. The maximum absolute atomic E-state index is 12.8. The highest BCUT2D eigenvalue weighted by Crippen LogP contribution is 2.27.